The van der Waals surface area contributed by atoms with Gasteiger partial charge in [0.1, 0.15) is 11.6 Å². The van der Waals surface area contributed by atoms with Crippen LogP contribution in [0.25, 0.3) is 0 Å². The minimum atomic E-state index is -1.04. The molecule has 0 atom stereocenters. The van der Waals surface area contributed by atoms with E-state index in [9.17, 15) is 18.7 Å². The number of anilines is 1. The van der Waals surface area contributed by atoms with Crippen molar-refractivity contribution in [2.24, 2.45) is 0 Å². The third kappa shape index (κ3) is 5.21. The van der Waals surface area contributed by atoms with Gasteiger partial charge in [0.05, 0.1) is 12.1 Å². The van der Waals surface area contributed by atoms with Gasteiger partial charge in [-0.25, -0.2) is 13.6 Å². The number of rotatable bonds is 4. The molecule has 0 saturated heterocycles. The van der Waals surface area contributed by atoms with Crippen LogP contribution in [-0.2, 0) is 0 Å². The molecular formula is C13H18F2N2O2. The van der Waals surface area contributed by atoms with E-state index in [0.29, 0.717) is 6.54 Å². The lowest BCUT2D eigenvalue weighted by atomic mass is 10.1. The first-order valence-electron chi connectivity index (χ1n) is 5.95. The fourth-order valence-electron chi connectivity index (χ4n) is 1.62. The second-order valence-corrected chi connectivity index (χ2v) is 4.91. The summed E-state index contributed by atoms with van der Waals surface area (Å²) in [5.74, 6) is -1.53. The Morgan fingerprint density at radius 3 is 2.26 bits per heavy atom. The van der Waals surface area contributed by atoms with Gasteiger partial charge >= 0.3 is 6.03 Å². The van der Waals surface area contributed by atoms with Crippen LogP contribution in [0.5, 0.6) is 0 Å². The van der Waals surface area contributed by atoms with E-state index in [2.05, 4.69) is 5.32 Å². The molecule has 2 amide bonds. The number of nitrogens with one attached hydrogen (secondary N) is 1. The van der Waals surface area contributed by atoms with Gasteiger partial charge in [-0.2, -0.15) is 0 Å². The third-order valence-corrected chi connectivity index (χ3v) is 2.36. The molecule has 0 heterocycles. The van der Waals surface area contributed by atoms with Gasteiger partial charge in [0.2, 0.25) is 0 Å². The van der Waals surface area contributed by atoms with Crippen LogP contribution in [0.2, 0.25) is 0 Å². The lowest BCUT2D eigenvalue weighted by Crippen LogP contribution is -2.44. The Kier molecular flexibility index (Phi) is 4.83. The average molecular weight is 272 g/mol. The van der Waals surface area contributed by atoms with Crippen molar-refractivity contribution in [3.05, 3.63) is 29.8 Å². The summed E-state index contributed by atoms with van der Waals surface area (Å²) in [7, 11) is 0. The molecule has 0 bridgehead atoms. The standard InChI is InChI=1S/C13H18F2N2O2/c1-4-17(8-13(2,3)19)12(18)16-11-6-9(14)5-10(15)7-11/h5-7,19H,4,8H2,1-3H3,(H,16,18). The van der Waals surface area contributed by atoms with E-state index in [-0.39, 0.29) is 12.2 Å². The molecule has 0 fully saturated rings. The Morgan fingerprint density at radius 1 is 1.32 bits per heavy atom. The largest absolute Gasteiger partial charge is 0.389 e. The molecule has 106 valence electrons. The number of likely N-dealkylation sites (N-methyl/N-ethyl adjacent to an activating group) is 1. The topological polar surface area (TPSA) is 52.6 Å². The molecule has 0 spiro atoms. The zero-order valence-corrected chi connectivity index (χ0v) is 11.2. The van der Waals surface area contributed by atoms with Gasteiger partial charge in [0, 0.05) is 18.3 Å². The van der Waals surface area contributed by atoms with Gasteiger partial charge in [0.25, 0.3) is 0 Å². The van der Waals surface area contributed by atoms with E-state index in [1.165, 1.54) is 4.90 Å². The number of halogens is 2. The van der Waals surface area contributed by atoms with Gasteiger partial charge in [-0.15, -0.1) is 0 Å². The number of amides is 2. The summed E-state index contributed by atoms with van der Waals surface area (Å²) < 4.78 is 26.0. The monoisotopic (exact) mass is 272 g/mol. The zero-order chi connectivity index (χ0) is 14.6. The molecule has 19 heavy (non-hydrogen) atoms. The van der Waals surface area contributed by atoms with Crippen LogP contribution >= 0.6 is 0 Å². The van der Waals surface area contributed by atoms with Crippen LogP contribution in [0, 0.1) is 11.6 Å². The van der Waals surface area contributed by atoms with Crippen molar-refractivity contribution < 1.29 is 18.7 Å². The second-order valence-electron chi connectivity index (χ2n) is 4.91. The van der Waals surface area contributed by atoms with Crippen LogP contribution in [-0.4, -0.2) is 34.7 Å². The smallest absolute Gasteiger partial charge is 0.321 e. The summed E-state index contributed by atoms with van der Waals surface area (Å²) >= 11 is 0. The normalized spacial score (nSPS) is 11.3. The van der Waals surface area contributed by atoms with Crippen molar-refractivity contribution in [1.29, 1.82) is 0 Å². The molecule has 1 aromatic carbocycles. The van der Waals surface area contributed by atoms with E-state index in [0.717, 1.165) is 18.2 Å². The highest BCUT2D eigenvalue weighted by Gasteiger charge is 2.21. The lowest BCUT2D eigenvalue weighted by Gasteiger charge is -2.28. The third-order valence-electron chi connectivity index (χ3n) is 2.36. The molecule has 0 saturated carbocycles. The Morgan fingerprint density at radius 2 is 1.84 bits per heavy atom. The maximum Gasteiger partial charge on any atom is 0.321 e. The Labute approximate surface area is 111 Å². The lowest BCUT2D eigenvalue weighted by molar-refractivity contribution is 0.0501. The molecule has 0 aliphatic heterocycles. The summed E-state index contributed by atoms with van der Waals surface area (Å²) in [5, 5.41) is 12.1. The van der Waals surface area contributed by atoms with E-state index >= 15 is 0 Å². The summed E-state index contributed by atoms with van der Waals surface area (Å²) in [6, 6.07) is 2.26. The highest BCUT2D eigenvalue weighted by Crippen LogP contribution is 2.14. The van der Waals surface area contributed by atoms with Gasteiger partial charge < -0.3 is 15.3 Å². The van der Waals surface area contributed by atoms with Crippen LogP contribution < -0.4 is 5.32 Å². The van der Waals surface area contributed by atoms with Crippen molar-refractivity contribution in [2.45, 2.75) is 26.4 Å². The van der Waals surface area contributed by atoms with Gasteiger partial charge in [0.15, 0.2) is 0 Å². The summed E-state index contributed by atoms with van der Waals surface area (Å²) in [6.07, 6.45) is 0. The molecular weight excluding hydrogens is 254 g/mol. The molecule has 1 rings (SSSR count). The number of nitrogens with zero attached hydrogens (tertiary/aromatic N) is 1. The number of hydrogen-bond donors (Lipinski definition) is 2. The van der Waals surface area contributed by atoms with E-state index in [1.54, 1.807) is 20.8 Å². The van der Waals surface area contributed by atoms with E-state index in [4.69, 9.17) is 0 Å². The molecule has 2 N–H and O–H groups in total. The maximum atomic E-state index is 13.0. The van der Waals surface area contributed by atoms with Crippen molar-refractivity contribution >= 4 is 11.7 Å². The summed E-state index contributed by atoms with van der Waals surface area (Å²) in [4.78, 5) is 13.3. The van der Waals surface area contributed by atoms with E-state index < -0.39 is 23.3 Å². The van der Waals surface area contributed by atoms with Crippen LogP contribution in [0.3, 0.4) is 0 Å². The molecule has 0 radical (unpaired) electrons. The maximum absolute atomic E-state index is 13.0. The minimum absolute atomic E-state index is 0.0386. The first-order chi connectivity index (χ1) is 8.71. The van der Waals surface area contributed by atoms with Crippen molar-refractivity contribution in [2.75, 3.05) is 18.4 Å². The molecule has 0 aliphatic carbocycles. The number of carbonyl (C=O) groups excluding carboxylic acids is 1. The van der Waals surface area contributed by atoms with Crippen LogP contribution in [0.1, 0.15) is 20.8 Å². The average Bonchev–Trinajstić information content (AvgIpc) is 2.22. The molecule has 1 aromatic rings. The molecule has 4 nitrogen and oxygen atoms in total. The Balaban J connectivity index is 2.77. The fraction of sp³-hybridized carbons (Fsp3) is 0.462. The molecule has 0 aromatic heterocycles. The molecule has 0 unspecified atom stereocenters. The van der Waals surface area contributed by atoms with E-state index in [1.807, 2.05) is 0 Å². The number of aliphatic hydroxyl groups is 1. The Hall–Kier alpha value is -1.69. The molecule has 6 heteroatoms. The van der Waals surface area contributed by atoms with Gasteiger partial charge in [-0.05, 0) is 32.9 Å². The fourth-order valence-corrected chi connectivity index (χ4v) is 1.62. The highest BCUT2D eigenvalue weighted by atomic mass is 19.1. The van der Waals surface area contributed by atoms with Crippen LogP contribution in [0.4, 0.5) is 19.3 Å². The summed E-state index contributed by atoms with van der Waals surface area (Å²) in [6.45, 7) is 5.38. The number of benzene rings is 1. The summed E-state index contributed by atoms with van der Waals surface area (Å²) in [5.41, 5.74) is -1.00. The van der Waals surface area contributed by atoms with Crippen molar-refractivity contribution in [3.63, 3.8) is 0 Å². The number of carbonyl (C=O) groups is 1. The predicted octanol–water partition coefficient (Wildman–Crippen LogP) is 2.59. The zero-order valence-electron chi connectivity index (χ0n) is 11.2. The molecule has 0 aliphatic rings. The number of hydrogen-bond acceptors (Lipinski definition) is 2. The second kappa shape index (κ2) is 5.97. The SMILES string of the molecule is CCN(CC(C)(C)O)C(=O)Nc1cc(F)cc(F)c1. The first-order valence-corrected chi connectivity index (χ1v) is 5.95. The predicted molar refractivity (Wildman–Crippen MR) is 68.9 cm³/mol. The minimum Gasteiger partial charge on any atom is -0.389 e. The van der Waals surface area contributed by atoms with Gasteiger partial charge in [-0.1, -0.05) is 0 Å². The Bertz CT molecular complexity index is 438. The van der Waals surface area contributed by atoms with Gasteiger partial charge in [-0.3, -0.25) is 0 Å². The number of urea groups is 1. The van der Waals surface area contributed by atoms with Crippen molar-refractivity contribution in [1.82, 2.24) is 4.90 Å². The van der Waals surface area contributed by atoms with Crippen molar-refractivity contribution in [3.8, 4) is 0 Å². The quantitative estimate of drug-likeness (QED) is 0.885. The highest BCUT2D eigenvalue weighted by molar-refractivity contribution is 5.89. The first kappa shape index (κ1) is 15.4. The van der Waals surface area contributed by atoms with Crippen LogP contribution in [0.15, 0.2) is 18.2 Å².